The van der Waals surface area contributed by atoms with Crippen LogP contribution in [0.25, 0.3) is 0 Å². The van der Waals surface area contributed by atoms with Gasteiger partial charge in [-0.2, -0.15) is 0 Å². The molecule has 0 saturated heterocycles. The van der Waals surface area contributed by atoms with Gasteiger partial charge in [-0.25, -0.2) is 0 Å². The average Bonchev–Trinajstić information content (AvgIpc) is 2.36. The maximum absolute atomic E-state index is 11.6. The molecule has 0 N–H and O–H groups in total. The Hall–Kier alpha value is -0.860. The fourth-order valence-corrected chi connectivity index (χ4v) is 2.21. The van der Waals surface area contributed by atoms with Gasteiger partial charge in [0.2, 0.25) is 0 Å². The number of carbonyl (C=O) groups excluding carboxylic acids is 2. The van der Waals surface area contributed by atoms with E-state index in [1.165, 1.54) is 45.4 Å². The van der Waals surface area contributed by atoms with Crippen LogP contribution in [0.3, 0.4) is 0 Å². The summed E-state index contributed by atoms with van der Waals surface area (Å²) in [6, 6.07) is 0. The lowest BCUT2D eigenvalue weighted by Gasteiger charge is -2.12. The SMILES string of the molecule is CCCCCCCCCC[C@@H](C(C)=O)C(=O)OCC. The summed E-state index contributed by atoms with van der Waals surface area (Å²) in [4.78, 5) is 23.0. The van der Waals surface area contributed by atoms with Gasteiger partial charge in [-0.15, -0.1) is 0 Å². The first-order valence-corrected chi connectivity index (χ1v) is 7.80. The molecule has 0 aliphatic heterocycles. The Morgan fingerprint density at radius 1 is 0.895 bits per heavy atom. The lowest BCUT2D eigenvalue weighted by molar-refractivity contribution is -0.151. The number of esters is 1. The molecule has 1 atom stereocenters. The normalized spacial score (nSPS) is 12.2. The second-order valence-corrected chi connectivity index (χ2v) is 5.18. The second kappa shape index (κ2) is 12.2. The molecule has 0 aliphatic rings. The number of ether oxygens (including phenoxy) is 1. The van der Waals surface area contributed by atoms with E-state index >= 15 is 0 Å². The van der Waals surface area contributed by atoms with E-state index in [-0.39, 0.29) is 11.8 Å². The molecule has 0 saturated carbocycles. The summed E-state index contributed by atoms with van der Waals surface area (Å²) in [6.07, 6.45) is 10.4. The quantitative estimate of drug-likeness (QED) is 0.302. The first-order chi connectivity index (χ1) is 9.13. The Kier molecular flexibility index (Phi) is 11.6. The molecule has 0 aromatic rings. The van der Waals surface area contributed by atoms with Crippen LogP contribution in [0.5, 0.6) is 0 Å². The zero-order valence-electron chi connectivity index (χ0n) is 12.9. The van der Waals surface area contributed by atoms with E-state index in [4.69, 9.17) is 4.74 Å². The Morgan fingerprint density at radius 2 is 1.42 bits per heavy atom. The second-order valence-electron chi connectivity index (χ2n) is 5.18. The van der Waals surface area contributed by atoms with Crippen molar-refractivity contribution < 1.29 is 14.3 Å². The number of unbranched alkanes of at least 4 members (excludes halogenated alkanes) is 7. The predicted octanol–water partition coefficient (Wildman–Crippen LogP) is 4.29. The summed E-state index contributed by atoms with van der Waals surface area (Å²) in [5.41, 5.74) is 0. The minimum atomic E-state index is -0.542. The van der Waals surface area contributed by atoms with E-state index < -0.39 is 5.92 Å². The van der Waals surface area contributed by atoms with Gasteiger partial charge in [-0.1, -0.05) is 58.3 Å². The molecule has 0 rings (SSSR count). The Balaban J connectivity index is 3.65. The van der Waals surface area contributed by atoms with Crippen molar-refractivity contribution in [2.75, 3.05) is 6.61 Å². The van der Waals surface area contributed by atoms with E-state index in [1.54, 1.807) is 6.92 Å². The summed E-state index contributed by atoms with van der Waals surface area (Å²) in [5, 5.41) is 0. The van der Waals surface area contributed by atoms with Gasteiger partial charge in [0.15, 0.2) is 0 Å². The largest absolute Gasteiger partial charge is 0.465 e. The third kappa shape index (κ3) is 9.69. The zero-order chi connectivity index (χ0) is 14.5. The van der Waals surface area contributed by atoms with Crippen molar-refractivity contribution in [1.82, 2.24) is 0 Å². The van der Waals surface area contributed by atoms with Crippen molar-refractivity contribution in [1.29, 1.82) is 0 Å². The Labute approximate surface area is 118 Å². The highest BCUT2D eigenvalue weighted by molar-refractivity contribution is 5.97. The fraction of sp³-hybridized carbons (Fsp3) is 0.875. The topological polar surface area (TPSA) is 43.4 Å². The molecule has 0 aromatic heterocycles. The van der Waals surface area contributed by atoms with E-state index in [0.29, 0.717) is 13.0 Å². The van der Waals surface area contributed by atoms with Crippen LogP contribution < -0.4 is 0 Å². The monoisotopic (exact) mass is 270 g/mol. The minimum absolute atomic E-state index is 0.0682. The number of rotatable bonds is 12. The maximum atomic E-state index is 11.6. The van der Waals surface area contributed by atoms with Crippen LogP contribution in [0, 0.1) is 5.92 Å². The van der Waals surface area contributed by atoms with Crippen LogP contribution in [0.4, 0.5) is 0 Å². The van der Waals surface area contributed by atoms with Crippen LogP contribution in [0.2, 0.25) is 0 Å². The van der Waals surface area contributed by atoms with Crippen molar-refractivity contribution in [3.8, 4) is 0 Å². The van der Waals surface area contributed by atoms with Crippen LogP contribution in [0.1, 0.15) is 78.6 Å². The lowest BCUT2D eigenvalue weighted by atomic mass is 9.97. The molecule has 0 aliphatic carbocycles. The van der Waals surface area contributed by atoms with Gasteiger partial charge >= 0.3 is 5.97 Å². The first-order valence-electron chi connectivity index (χ1n) is 7.80. The van der Waals surface area contributed by atoms with E-state index in [0.717, 1.165) is 12.8 Å². The van der Waals surface area contributed by atoms with E-state index in [1.807, 2.05) is 0 Å². The molecular formula is C16H30O3. The molecule has 0 unspecified atom stereocenters. The molecule has 0 heterocycles. The Bertz CT molecular complexity index is 248. The van der Waals surface area contributed by atoms with Gasteiger partial charge in [-0.05, 0) is 20.3 Å². The number of Topliss-reactive ketones (excluding diaryl/α,β-unsaturated/α-hetero) is 1. The lowest BCUT2D eigenvalue weighted by Crippen LogP contribution is -2.24. The highest BCUT2D eigenvalue weighted by Crippen LogP contribution is 2.15. The average molecular weight is 270 g/mol. The van der Waals surface area contributed by atoms with Crippen molar-refractivity contribution in [2.24, 2.45) is 5.92 Å². The van der Waals surface area contributed by atoms with Gasteiger partial charge in [0.05, 0.1) is 6.61 Å². The van der Waals surface area contributed by atoms with E-state index in [2.05, 4.69) is 6.92 Å². The van der Waals surface area contributed by atoms with Gasteiger partial charge < -0.3 is 4.74 Å². The molecule has 3 heteroatoms. The molecule has 0 fully saturated rings. The molecule has 0 radical (unpaired) electrons. The molecule has 0 bridgehead atoms. The van der Waals surface area contributed by atoms with Gasteiger partial charge in [-0.3, -0.25) is 9.59 Å². The molecule has 0 aromatic carbocycles. The molecule has 0 amide bonds. The summed E-state index contributed by atoms with van der Waals surface area (Å²) < 4.78 is 4.93. The van der Waals surface area contributed by atoms with Crippen LogP contribution in [0.15, 0.2) is 0 Å². The minimum Gasteiger partial charge on any atom is -0.465 e. The predicted molar refractivity (Wildman–Crippen MR) is 78.0 cm³/mol. The third-order valence-corrected chi connectivity index (χ3v) is 3.41. The molecule has 3 nitrogen and oxygen atoms in total. The fourth-order valence-electron chi connectivity index (χ4n) is 2.21. The first kappa shape index (κ1) is 18.1. The van der Waals surface area contributed by atoms with Gasteiger partial charge in [0, 0.05) is 0 Å². The van der Waals surface area contributed by atoms with Crippen LogP contribution in [-0.2, 0) is 14.3 Å². The molecule has 0 spiro atoms. The maximum Gasteiger partial charge on any atom is 0.316 e. The number of carbonyl (C=O) groups is 2. The smallest absolute Gasteiger partial charge is 0.316 e. The summed E-state index contributed by atoms with van der Waals surface area (Å²) in [7, 11) is 0. The number of hydrogen-bond donors (Lipinski definition) is 0. The molecular weight excluding hydrogens is 240 g/mol. The standard InChI is InChI=1S/C16H30O3/c1-4-6-7-8-9-10-11-12-13-15(14(3)17)16(18)19-5-2/h15H,4-13H2,1-3H3/t15-/m0/s1. The van der Waals surface area contributed by atoms with Crippen LogP contribution in [-0.4, -0.2) is 18.4 Å². The third-order valence-electron chi connectivity index (χ3n) is 3.41. The van der Waals surface area contributed by atoms with Gasteiger partial charge in [0.25, 0.3) is 0 Å². The van der Waals surface area contributed by atoms with E-state index in [9.17, 15) is 9.59 Å². The van der Waals surface area contributed by atoms with Gasteiger partial charge in [0.1, 0.15) is 11.7 Å². The zero-order valence-corrected chi connectivity index (χ0v) is 12.9. The van der Waals surface area contributed by atoms with Crippen molar-refractivity contribution in [2.45, 2.75) is 78.6 Å². The van der Waals surface area contributed by atoms with Crippen LogP contribution >= 0.6 is 0 Å². The highest BCUT2D eigenvalue weighted by Gasteiger charge is 2.23. The summed E-state index contributed by atoms with van der Waals surface area (Å²) in [6.45, 7) is 5.81. The molecule has 19 heavy (non-hydrogen) atoms. The van der Waals surface area contributed by atoms with Crippen molar-refractivity contribution in [3.05, 3.63) is 0 Å². The summed E-state index contributed by atoms with van der Waals surface area (Å²) >= 11 is 0. The number of hydrogen-bond acceptors (Lipinski definition) is 3. The molecule has 112 valence electrons. The van der Waals surface area contributed by atoms with Crippen molar-refractivity contribution >= 4 is 11.8 Å². The summed E-state index contributed by atoms with van der Waals surface area (Å²) in [5.74, 6) is -0.959. The highest BCUT2D eigenvalue weighted by atomic mass is 16.5. The van der Waals surface area contributed by atoms with Crippen molar-refractivity contribution in [3.63, 3.8) is 0 Å². The number of ketones is 1. The Morgan fingerprint density at radius 3 is 1.89 bits per heavy atom.